The number of hydrogen-bond donors (Lipinski definition) is 2. The Morgan fingerprint density at radius 2 is 1.87 bits per heavy atom. The van der Waals surface area contributed by atoms with Gasteiger partial charge in [0.15, 0.2) is 0 Å². The van der Waals surface area contributed by atoms with Crippen molar-refractivity contribution < 1.29 is 23.1 Å². The van der Waals surface area contributed by atoms with Gasteiger partial charge in [0.25, 0.3) is 5.56 Å². The molecule has 0 bridgehead atoms. The number of nitrogens with one attached hydrogen (secondary N) is 1. The third kappa shape index (κ3) is 7.84. The highest BCUT2D eigenvalue weighted by atomic mass is 32.2. The van der Waals surface area contributed by atoms with Gasteiger partial charge in [-0.05, 0) is 64.3 Å². The summed E-state index contributed by atoms with van der Waals surface area (Å²) in [4.78, 5) is 31.1. The maximum Gasteiger partial charge on any atom is 0.490 e. The number of hydrogen-bond acceptors (Lipinski definition) is 5. The Hall–Kier alpha value is -2.07. The normalized spacial score (nSPS) is 19.2. The molecule has 1 heterocycles. The quantitative estimate of drug-likeness (QED) is 0.696. The maximum absolute atomic E-state index is 12.2. The molecular weight excluding hydrogens is 431 g/mol. The zero-order chi connectivity index (χ0) is 23.2. The Kier molecular flexibility index (Phi) is 8.93. The van der Waals surface area contributed by atoms with E-state index in [4.69, 9.17) is 14.9 Å². The lowest BCUT2D eigenvalue weighted by Crippen LogP contribution is -2.26. The van der Waals surface area contributed by atoms with E-state index >= 15 is 0 Å². The molecule has 1 aliphatic carbocycles. The van der Waals surface area contributed by atoms with Crippen molar-refractivity contribution in [2.24, 2.45) is 5.92 Å². The van der Waals surface area contributed by atoms with Crippen molar-refractivity contribution in [3.8, 4) is 0 Å². The summed E-state index contributed by atoms with van der Waals surface area (Å²) in [6, 6.07) is 5.77. The zero-order valence-corrected chi connectivity index (χ0v) is 18.6. The third-order valence-electron chi connectivity index (χ3n) is 5.10. The first-order valence-corrected chi connectivity index (χ1v) is 11.1. The van der Waals surface area contributed by atoms with Gasteiger partial charge in [0, 0.05) is 11.8 Å². The molecule has 1 aromatic heterocycles. The van der Waals surface area contributed by atoms with Crippen molar-refractivity contribution in [3.05, 3.63) is 39.9 Å². The van der Waals surface area contributed by atoms with Crippen LogP contribution in [0.15, 0.2) is 23.0 Å². The lowest BCUT2D eigenvalue weighted by atomic mass is 9.89. The Morgan fingerprint density at radius 3 is 2.42 bits per heavy atom. The van der Waals surface area contributed by atoms with E-state index in [1.165, 1.54) is 32.2 Å². The topological polar surface area (TPSA) is 86.3 Å². The van der Waals surface area contributed by atoms with Gasteiger partial charge in [-0.15, -0.1) is 0 Å². The molecule has 0 aliphatic heterocycles. The van der Waals surface area contributed by atoms with Gasteiger partial charge in [-0.25, -0.2) is 9.78 Å². The Balaban J connectivity index is 0.000000423. The molecule has 0 amide bonds. The summed E-state index contributed by atoms with van der Waals surface area (Å²) < 4.78 is 31.7. The van der Waals surface area contributed by atoms with Crippen molar-refractivity contribution in [1.82, 2.24) is 14.9 Å². The van der Waals surface area contributed by atoms with Crippen LogP contribution in [0.2, 0.25) is 0 Å². The highest BCUT2D eigenvalue weighted by Crippen LogP contribution is 2.33. The summed E-state index contributed by atoms with van der Waals surface area (Å²) in [5.74, 6) is -0.310. The van der Waals surface area contributed by atoms with Crippen molar-refractivity contribution >= 4 is 28.6 Å². The second kappa shape index (κ2) is 11.0. The van der Waals surface area contributed by atoms with Crippen LogP contribution in [0, 0.1) is 12.8 Å². The predicted octanol–water partition coefficient (Wildman–Crippen LogP) is 4.22. The van der Waals surface area contributed by atoms with Crippen LogP contribution in [0.25, 0.3) is 10.9 Å². The fraction of sp³-hybridized carbons (Fsp3) is 0.571. The molecule has 0 radical (unpaired) electrons. The van der Waals surface area contributed by atoms with Crippen LogP contribution in [0.1, 0.15) is 37.1 Å². The van der Waals surface area contributed by atoms with Crippen molar-refractivity contribution in [2.45, 2.75) is 49.8 Å². The van der Waals surface area contributed by atoms with E-state index in [1.807, 2.05) is 36.9 Å². The molecule has 0 saturated heterocycles. The van der Waals surface area contributed by atoms with E-state index in [-0.39, 0.29) is 5.56 Å². The molecule has 6 nitrogen and oxygen atoms in total. The van der Waals surface area contributed by atoms with Gasteiger partial charge in [0.1, 0.15) is 5.82 Å². The number of carboxylic acid groups (broad SMARTS) is 1. The fourth-order valence-electron chi connectivity index (χ4n) is 3.61. The molecule has 3 rings (SSSR count). The summed E-state index contributed by atoms with van der Waals surface area (Å²) in [7, 11) is 4.31. The zero-order valence-electron chi connectivity index (χ0n) is 17.8. The number of aromatic nitrogens is 2. The number of para-hydroxylation sites is 1. The number of benzene rings is 1. The Morgan fingerprint density at radius 1 is 1.26 bits per heavy atom. The summed E-state index contributed by atoms with van der Waals surface area (Å²) in [5, 5.41) is 8.51. The van der Waals surface area contributed by atoms with E-state index in [9.17, 15) is 18.0 Å². The van der Waals surface area contributed by atoms with Crippen LogP contribution in [-0.2, 0) is 10.5 Å². The molecule has 0 unspecified atom stereocenters. The smallest absolute Gasteiger partial charge is 0.475 e. The van der Waals surface area contributed by atoms with Gasteiger partial charge >= 0.3 is 12.1 Å². The van der Waals surface area contributed by atoms with Crippen molar-refractivity contribution in [2.75, 3.05) is 20.6 Å². The fourth-order valence-corrected chi connectivity index (χ4v) is 4.75. The number of aryl methyl sites for hydroxylation is 1. The first-order valence-electron chi connectivity index (χ1n) is 10.0. The maximum atomic E-state index is 12.2. The Labute approximate surface area is 183 Å². The molecule has 0 atom stereocenters. The minimum Gasteiger partial charge on any atom is -0.475 e. The summed E-state index contributed by atoms with van der Waals surface area (Å²) in [6.45, 7) is 3.22. The third-order valence-corrected chi connectivity index (χ3v) is 6.49. The van der Waals surface area contributed by atoms with Gasteiger partial charge in [0.2, 0.25) is 0 Å². The average molecular weight is 460 g/mol. The molecule has 1 aromatic carbocycles. The van der Waals surface area contributed by atoms with E-state index < -0.39 is 12.1 Å². The van der Waals surface area contributed by atoms with Crippen LogP contribution in [0.3, 0.4) is 0 Å². The molecule has 2 N–H and O–H groups in total. The molecule has 2 aromatic rings. The lowest BCUT2D eigenvalue weighted by molar-refractivity contribution is -0.192. The predicted molar refractivity (Wildman–Crippen MR) is 116 cm³/mol. The summed E-state index contributed by atoms with van der Waals surface area (Å²) in [6.07, 6.45) is 0.104. The lowest BCUT2D eigenvalue weighted by Gasteiger charge is -2.29. The van der Waals surface area contributed by atoms with Crippen molar-refractivity contribution in [3.63, 3.8) is 0 Å². The molecule has 172 valence electrons. The van der Waals surface area contributed by atoms with Crippen molar-refractivity contribution in [1.29, 1.82) is 0 Å². The van der Waals surface area contributed by atoms with E-state index in [0.717, 1.165) is 28.6 Å². The minimum atomic E-state index is -5.08. The number of carbonyl (C=O) groups is 1. The summed E-state index contributed by atoms with van der Waals surface area (Å²) >= 11 is 1.95. The highest BCUT2D eigenvalue weighted by molar-refractivity contribution is 7.99. The van der Waals surface area contributed by atoms with Gasteiger partial charge in [-0.2, -0.15) is 24.9 Å². The number of aromatic amines is 1. The number of fused-ring (bicyclic) bond motifs is 1. The number of H-pyrrole nitrogens is 1. The molecule has 1 saturated carbocycles. The first-order chi connectivity index (χ1) is 14.5. The van der Waals surface area contributed by atoms with Crippen LogP contribution in [-0.4, -0.2) is 58.0 Å². The molecular formula is C21H28F3N3O3S. The highest BCUT2D eigenvalue weighted by Gasteiger charge is 2.38. The largest absolute Gasteiger partial charge is 0.490 e. The molecule has 1 fully saturated rings. The standard InChI is InChI=1S/C19H27N3OS.C2HF3O2/c1-13-5-4-6-16-18(13)20-17(21-19(16)23)12-24-15-9-7-14(8-10-15)11-22(2)3;3-2(4,5)1(6)7/h4-6,14-15H,7-12H2,1-3H3,(H,20,21,23);(H,6,7)/t14-,15-;. The monoisotopic (exact) mass is 459 g/mol. The van der Waals surface area contributed by atoms with Gasteiger partial charge in [0.05, 0.1) is 16.7 Å². The first kappa shape index (κ1) is 25.2. The molecule has 1 aliphatic rings. The Bertz CT molecular complexity index is 939. The van der Waals surface area contributed by atoms with E-state index in [1.54, 1.807) is 0 Å². The number of carboxylic acids is 1. The number of rotatable bonds is 5. The molecule has 0 spiro atoms. The summed E-state index contributed by atoms with van der Waals surface area (Å²) in [5.41, 5.74) is 1.88. The van der Waals surface area contributed by atoms with Crippen LogP contribution in [0.4, 0.5) is 13.2 Å². The van der Waals surface area contributed by atoms with Crippen LogP contribution < -0.4 is 5.56 Å². The van der Waals surface area contributed by atoms with Crippen LogP contribution >= 0.6 is 11.8 Å². The van der Waals surface area contributed by atoms with Gasteiger partial charge < -0.3 is 15.0 Å². The number of aliphatic carboxylic acids is 1. The second-order valence-corrected chi connectivity index (χ2v) is 9.29. The molecule has 31 heavy (non-hydrogen) atoms. The van der Waals surface area contributed by atoms with E-state index in [0.29, 0.717) is 10.6 Å². The average Bonchev–Trinajstić information content (AvgIpc) is 2.68. The van der Waals surface area contributed by atoms with Gasteiger partial charge in [-0.3, -0.25) is 4.79 Å². The number of halogens is 3. The second-order valence-electron chi connectivity index (χ2n) is 8.00. The number of thioether (sulfide) groups is 1. The number of nitrogens with zero attached hydrogens (tertiary/aromatic N) is 2. The SMILES string of the molecule is Cc1cccc2c(=O)[nH]c(CS[C@H]3CC[C@H](CN(C)C)CC3)nc12.O=C(O)C(F)(F)F. The minimum absolute atomic E-state index is 0.0195. The molecule has 10 heteroatoms. The van der Waals surface area contributed by atoms with Gasteiger partial charge in [-0.1, -0.05) is 12.1 Å². The van der Waals surface area contributed by atoms with E-state index in [2.05, 4.69) is 24.0 Å². The van der Waals surface area contributed by atoms with Crippen LogP contribution in [0.5, 0.6) is 0 Å². The number of alkyl halides is 3.